The molecule has 0 aromatic carbocycles. The molecule has 9 heavy (non-hydrogen) atoms. The van der Waals surface area contributed by atoms with E-state index in [4.69, 9.17) is 5.73 Å². The van der Waals surface area contributed by atoms with E-state index in [2.05, 4.69) is 0 Å². The van der Waals surface area contributed by atoms with Crippen LogP contribution >= 0.6 is 0 Å². The Kier molecular flexibility index (Phi) is 2.85. The van der Waals surface area contributed by atoms with Gasteiger partial charge in [-0.25, -0.2) is 0 Å². The molecule has 0 bridgehead atoms. The molecule has 53 valence electrons. The molecule has 0 spiro atoms. The summed E-state index contributed by atoms with van der Waals surface area (Å²) >= 11 is 0. The van der Waals surface area contributed by atoms with Crippen molar-refractivity contribution in [3.8, 4) is 0 Å². The Morgan fingerprint density at radius 1 is 1.56 bits per heavy atom. The van der Waals surface area contributed by atoms with Gasteiger partial charge in [-0.15, -0.1) is 0 Å². The highest BCUT2D eigenvalue weighted by atomic mass is 16.1. The average molecular weight is 128 g/mol. The molecule has 2 nitrogen and oxygen atoms in total. The van der Waals surface area contributed by atoms with Crippen molar-refractivity contribution in [1.82, 2.24) is 5.73 Å². The second-order valence-corrected chi connectivity index (χ2v) is 2.84. The molecule has 0 saturated carbocycles. The minimum atomic E-state index is -0.422. The Hall–Kier alpha value is -0.370. The second kappa shape index (κ2) is 2.97. The smallest absolute Gasteiger partial charge is 0.139 e. The van der Waals surface area contributed by atoms with E-state index < -0.39 is 5.41 Å². The van der Waals surface area contributed by atoms with E-state index in [-0.39, 0.29) is 12.3 Å². The SMILES string of the molecule is CCC(=O)C(C)(C)C[NH]. The zero-order chi connectivity index (χ0) is 7.49. The Balaban J connectivity index is 3.97. The van der Waals surface area contributed by atoms with Crippen LogP contribution in [-0.4, -0.2) is 12.3 Å². The van der Waals surface area contributed by atoms with Crippen LogP contribution in [0.25, 0.3) is 0 Å². The topological polar surface area (TPSA) is 40.9 Å². The third-order valence-electron chi connectivity index (χ3n) is 1.52. The monoisotopic (exact) mass is 128 g/mol. The first kappa shape index (κ1) is 8.63. The number of carbonyl (C=O) groups excluding carboxylic acids is 1. The van der Waals surface area contributed by atoms with E-state index in [0.717, 1.165) is 0 Å². The first-order valence-corrected chi connectivity index (χ1v) is 3.22. The number of ketones is 1. The summed E-state index contributed by atoms with van der Waals surface area (Å²) in [7, 11) is 0. The van der Waals surface area contributed by atoms with Gasteiger partial charge in [0.15, 0.2) is 0 Å². The molecule has 0 amide bonds. The van der Waals surface area contributed by atoms with E-state index >= 15 is 0 Å². The molecule has 2 heteroatoms. The summed E-state index contributed by atoms with van der Waals surface area (Å²) in [4.78, 5) is 10.9. The number of carbonyl (C=O) groups is 1. The Bertz CT molecular complexity index is 107. The van der Waals surface area contributed by atoms with Crippen molar-refractivity contribution in [3.63, 3.8) is 0 Å². The van der Waals surface area contributed by atoms with Crippen molar-refractivity contribution < 1.29 is 4.79 Å². The van der Waals surface area contributed by atoms with Crippen molar-refractivity contribution in [1.29, 1.82) is 0 Å². The fraction of sp³-hybridized carbons (Fsp3) is 0.857. The fourth-order valence-electron chi connectivity index (χ4n) is 0.577. The summed E-state index contributed by atoms with van der Waals surface area (Å²) in [5.74, 6) is 0.178. The number of hydrogen-bond acceptors (Lipinski definition) is 1. The van der Waals surface area contributed by atoms with Gasteiger partial charge in [0.2, 0.25) is 0 Å². The summed E-state index contributed by atoms with van der Waals surface area (Å²) in [5, 5.41) is 0. The average Bonchev–Trinajstić information content (AvgIpc) is 1.86. The zero-order valence-electron chi connectivity index (χ0n) is 6.32. The highest BCUT2D eigenvalue weighted by Gasteiger charge is 2.23. The van der Waals surface area contributed by atoms with Crippen molar-refractivity contribution in [3.05, 3.63) is 0 Å². The van der Waals surface area contributed by atoms with Gasteiger partial charge in [-0.3, -0.25) is 10.5 Å². The molecule has 0 aliphatic heterocycles. The Labute approximate surface area is 56.4 Å². The molecule has 1 radical (unpaired) electrons. The molecule has 0 atom stereocenters. The minimum absolute atomic E-state index is 0.178. The lowest BCUT2D eigenvalue weighted by molar-refractivity contribution is -0.126. The maximum absolute atomic E-state index is 10.9. The van der Waals surface area contributed by atoms with Crippen molar-refractivity contribution >= 4 is 5.78 Å². The van der Waals surface area contributed by atoms with Gasteiger partial charge in [0.25, 0.3) is 0 Å². The lowest BCUT2D eigenvalue weighted by Crippen LogP contribution is -2.28. The molecule has 0 aromatic rings. The molecule has 0 aliphatic rings. The summed E-state index contributed by atoms with van der Waals surface area (Å²) < 4.78 is 0. The summed E-state index contributed by atoms with van der Waals surface area (Å²) in [5.41, 5.74) is 6.60. The summed E-state index contributed by atoms with van der Waals surface area (Å²) in [6.45, 7) is 5.65. The van der Waals surface area contributed by atoms with Gasteiger partial charge in [-0.2, -0.15) is 0 Å². The van der Waals surface area contributed by atoms with Crippen LogP contribution < -0.4 is 5.73 Å². The third-order valence-corrected chi connectivity index (χ3v) is 1.52. The van der Waals surface area contributed by atoms with Crippen LogP contribution in [-0.2, 0) is 4.79 Å². The quantitative estimate of drug-likeness (QED) is 0.564. The summed E-state index contributed by atoms with van der Waals surface area (Å²) in [6.07, 6.45) is 0.547. The molecule has 0 aromatic heterocycles. The molecule has 0 aliphatic carbocycles. The van der Waals surface area contributed by atoms with Gasteiger partial charge < -0.3 is 0 Å². The van der Waals surface area contributed by atoms with Crippen LogP contribution in [0.4, 0.5) is 0 Å². The van der Waals surface area contributed by atoms with Crippen LogP contribution in [0.2, 0.25) is 0 Å². The number of Topliss-reactive ketones (excluding diaryl/α,β-unsaturated/α-hetero) is 1. The first-order valence-electron chi connectivity index (χ1n) is 3.22. The fourth-order valence-corrected chi connectivity index (χ4v) is 0.577. The van der Waals surface area contributed by atoms with Crippen molar-refractivity contribution in [2.75, 3.05) is 6.54 Å². The molecular weight excluding hydrogens is 114 g/mol. The number of hydrogen-bond donors (Lipinski definition) is 0. The van der Waals surface area contributed by atoms with Gasteiger partial charge in [0.1, 0.15) is 5.78 Å². The van der Waals surface area contributed by atoms with E-state index in [1.807, 2.05) is 20.8 Å². The van der Waals surface area contributed by atoms with E-state index in [1.165, 1.54) is 0 Å². The highest BCUT2D eigenvalue weighted by molar-refractivity contribution is 5.83. The lowest BCUT2D eigenvalue weighted by atomic mass is 9.87. The maximum Gasteiger partial charge on any atom is 0.139 e. The zero-order valence-corrected chi connectivity index (χ0v) is 6.32. The van der Waals surface area contributed by atoms with Crippen molar-refractivity contribution in [2.24, 2.45) is 5.41 Å². The molecule has 1 N–H and O–H groups in total. The molecule has 0 saturated heterocycles. The van der Waals surface area contributed by atoms with Gasteiger partial charge in [0.05, 0.1) is 0 Å². The van der Waals surface area contributed by atoms with Gasteiger partial charge in [-0.1, -0.05) is 20.8 Å². The molecule has 0 unspecified atom stereocenters. The van der Waals surface area contributed by atoms with Crippen LogP contribution in [0, 0.1) is 5.41 Å². The molecule has 0 fully saturated rings. The largest absolute Gasteiger partial charge is 0.299 e. The Morgan fingerprint density at radius 3 is 2.11 bits per heavy atom. The highest BCUT2D eigenvalue weighted by Crippen LogP contribution is 2.15. The van der Waals surface area contributed by atoms with Gasteiger partial charge in [0, 0.05) is 18.4 Å². The van der Waals surface area contributed by atoms with Gasteiger partial charge >= 0.3 is 0 Å². The van der Waals surface area contributed by atoms with Crippen LogP contribution in [0.5, 0.6) is 0 Å². The van der Waals surface area contributed by atoms with Crippen LogP contribution in [0.3, 0.4) is 0 Å². The predicted octanol–water partition coefficient (Wildman–Crippen LogP) is 1.27. The van der Waals surface area contributed by atoms with E-state index in [9.17, 15) is 4.79 Å². The van der Waals surface area contributed by atoms with Gasteiger partial charge in [-0.05, 0) is 0 Å². The Morgan fingerprint density at radius 2 is 2.00 bits per heavy atom. The second-order valence-electron chi connectivity index (χ2n) is 2.84. The first-order chi connectivity index (χ1) is 4.04. The number of nitrogens with one attached hydrogen (secondary N) is 1. The minimum Gasteiger partial charge on any atom is -0.299 e. The van der Waals surface area contributed by atoms with Crippen LogP contribution in [0.1, 0.15) is 27.2 Å². The van der Waals surface area contributed by atoms with E-state index in [1.54, 1.807) is 0 Å². The normalized spacial score (nSPS) is 11.6. The summed E-state index contributed by atoms with van der Waals surface area (Å²) in [6, 6.07) is 0. The van der Waals surface area contributed by atoms with Crippen LogP contribution in [0.15, 0.2) is 0 Å². The molecular formula is C7H14NO. The standard InChI is InChI=1S/C7H14NO/c1-4-6(9)7(2,3)5-8/h8H,4-5H2,1-3H3. The van der Waals surface area contributed by atoms with Crippen molar-refractivity contribution in [2.45, 2.75) is 27.2 Å². The molecule has 0 rings (SSSR count). The lowest BCUT2D eigenvalue weighted by Gasteiger charge is -2.18. The van der Waals surface area contributed by atoms with E-state index in [0.29, 0.717) is 6.42 Å². The number of rotatable bonds is 3. The maximum atomic E-state index is 10.9. The third kappa shape index (κ3) is 2.14. The predicted molar refractivity (Wildman–Crippen MR) is 37.0 cm³/mol. The molecule has 0 heterocycles.